The van der Waals surface area contributed by atoms with Gasteiger partial charge in [-0.3, -0.25) is 0 Å². The van der Waals surface area contributed by atoms with Crippen molar-refractivity contribution in [2.75, 3.05) is 0 Å². The van der Waals surface area contributed by atoms with E-state index in [2.05, 4.69) is 22.8 Å². The fourth-order valence-corrected chi connectivity index (χ4v) is 3.12. The molecule has 1 aliphatic rings. The summed E-state index contributed by atoms with van der Waals surface area (Å²) >= 11 is 0. The maximum absolute atomic E-state index is 12.3. The Morgan fingerprint density at radius 1 is 1.08 bits per heavy atom. The van der Waals surface area contributed by atoms with E-state index in [-0.39, 0.29) is 12.1 Å². The first-order valence-electron chi connectivity index (χ1n) is 8.37. The first-order chi connectivity index (χ1) is 12.2. The summed E-state index contributed by atoms with van der Waals surface area (Å²) in [5, 5.41) is 13.2. The molecule has 0 spiro atoms. The van der Waals surface area contributed by atoms with Gasteiger partial charge in [-0.15, -0.1) is 0 Å². The van der Waals surface area contributed by atoms with Crippen molar-refractivity contribution in [3.8, 4) is 0 Å². The van der Waals surface area contributed by atoms with Gasteiger partial charge in [-0.25, -0.2) is 4.79 Å². The predicted molar refractivity (Wildman–Crippen MR) is 100 cm³/mol. The lowest BCUT2D eigenvalue weighted by Gasteiger charge is -2.25. The van der Waals surface area contributed by atoms with Crippen molar-refractivity contribution in [3.63, 3.8) is 0 Å². The number of carbonyl (C=O) groups excluding carboxylic acids is 1. The number of nitrogens with two attached hydrogens (primary N) is 1. The van der Waals surface area contributed by atoms with E-state index in [9.17, 15) is 4.79 Å². The van der Waals surface area contributed by atoms with Crippen LogP contribution in [0.15, 0.2) is 60.3 Å². The molecule has 0 fully saturated rings. The second-order valence-electron chi connectivity index (χ2n) is 6.14. The van der Waals surface area contributed by atoms with E-state index in [0.717, 1.165) is 31.0 Å². The summed E-state index contributed by atoms with van der Waals surface area (Å²) in [5.41, 5.74) is 10.2. The van der Waals surface area contributed by atoms with Crippen molar-refractivity contribution in [2.45, 2.75) is 25.3 Å². The minimum absolute atomic E-state index is 0.0832. The van der Waals surface area contributed by atoms with Gasteiger partial charge in [0.15, 0.2) is 0 Å². The van der Waals surface area contributed by atoms with Gasteiger partial charge in [0.1, 0.15) is 0 Å². The number of carbonyl (C=O) groups is 1. The number of amides is 2. The molecule has 5 nitrogen and oxygen atoms in total. The average molecular weight is 334 g/mol. The second-order valence-corrected chi connectivity index (χ2v) is 6.14. The van der Waals surface area contributed by atoms with Gasteiger partial charge in [-0.2, -0.15) is 0 Å². The molecule has 0 radical (unpaired) electrons. The Morgan fingerprint density at radius 3 is 2.48 bits per heavy atom. The molecule has 2 amide bonds. The third kappa shape index (κ3) is 4.07. The van der Waals surface area contributed by atoms with Crippen LogP contribution in [0.4, 0.5) is 4.79 Å². The Hall–Kier alpha value is -3.08. The largest absolute Gasteiger partial charge is 0.397 e. The van der Waals surface area contributed by atoms with E-state index in [0.29, 0.717) is 11.4 Å². The lowest BCUT2D eigenvalue weighted by atomic mass is 9.88. The molecule has 5 heteroatoms. The summed E-state index contributed by atoms with van der Waals surface area (Å²) in [6, 6.07) is 17.4. The number of fused-ring (bicyclic) bond motifs is 1. The minimum Gasteiger partial charge on any atom is -0.397 e. The van der Waals surface area contributed by atoms with Gasteiger partial charge >= 0.3 is 6.03 Å². The van der Waals surface area contributed by atoms with Gasteiger partial charge < -0.3 is 21.8 Å². The number of hydrogen-bond acceptors (Lipinski definition) is 3. The molecule has 0 saturated carbocycles. The topological polar surface area (TPSA) is 91.0 Å². The second kappa shape index (κ2) is 7.66. The Morgan fingerprint density at radius 2 is 1.76 bits per heavy atom. The van der Waals surface area contributed by atoms with Gasteiger partial charge in [-0.05, 0) is 36.0 Å². The number of aryl methyl sites for hydroxylation is 1. The number of urea groups is 1. The molecule has 1 aliphatic carbocycles. The molecule has 25 heavy (non-hydrogen) atoms. The third-order valence-corrected chi connectivity index (χ3v) is 4.45. The average Bonchev–Trinajstić information content (AvgIpc) is 2.66. The number of nitrogens with one attached hydrogen (secondary N) is 3. The normalized spacial score (nSPS) is 17.0. The minimum atomic E-state index is -0.332. The van der Waals surface area contributed by atoms with Crippen LogP contribution in [0.2, 0.25) is 0 Å². The molecule has 128 valence electrons. The van der Waals surface area contributed by atoms with Crippen LogP contribution in [0.25, 0.3) is 5.70 Å². The van der Waals surface area contributed by atoms with Crippen LogP contribution in [0.5, 0.6) is 0 Å². The smallest absolute Gasteiger partial charge is 0.319 e. The van der Waals surface area contributed by atoms with E-state index < -0.39 is 0 Å². The molecule has 1 unspecified atom stereocenters. The van der Waals surface area contributed by atoms with Crippen molar-refractivity contribution >= 4 is 17.9 Å². The van der Waals surface area contributed by atoms with Crippen LogP contribution in [-0.2, 0) is 12.8 Å². The Balaban J connectivity index is 1.65. The maximum Gasteiger partial charge on any atom is 0.319 e. The van der Waals surface area contributed by atoms with E-state index >= 15 is 0 Å². The lowest BCUT2D eigenvalue weighted by Crippen LogP contribution is -2.44. The van der Waals surface area contributed by atoms with Gasteiger partial charge in [0, 0.05) is 12.3 Å². The highest BCUT2D eigenvalue weighted by Gasteiger charge is 2.20. The van der Waals surface area contributed by atoms with Crippen molar-refractivity contribution in [1.82, 2.24) is 10.6 Å². The number of hydrogen-bond donors (Lipinski definition) is 4. The predicted octanol–water partition coefficient (Wildman–Crippen LogP) is 2.82. The van der Waals surface area contributed by atoms with Gasteiger partial charge in [-0.1, -0.05) is 54.6 Å². The van der Waals surface area contributed by atoms with Crippen LogP contribution >= 0.6 is 0 Å². The highest BCUT2D eigenvalue weighted by atomic mass is 16.2. The highest BCUT2D eigenvalue weighted by Crippen LogP contribution is 2.21. The molecule has 0 saturated heterocycles. The van der Waals surface area contributed by atoms with Crippen molar-refractivity contribution in [2.24, 2.45) is 5.73 Å². The third-order valence-electron chi connectivity index (χ3n) is 4.45. The molecule has 3 rings (SSSR count). The fraction of sp³-hybridized carbons (Fsp3) is 0.200. The molecular formula is C20H22N4O. The summed E-state index contributed by atoms with van der Waals surface area (Å²) in [6.07, 6.45) is 3.75. The van der Waals surface area contributed by atoms with Gasteiger partial charge in [0.05, 0.1) is 11.4 Å². The maximum atomic E-state index is 12.3. The van der Waals surface area contributed by atoms with E-state index in [4.69, 9.17) is 11.1 Å². The fourth-order valence-electron chi connectivity index (χ4n) is 3.12. The molecule has 1 atom stereocenters. The zero-order valence-electron chi connectivity index (χ0n) is 14.0. The van der Waals surface area contributed by atoms with Gasteiger partial charge in [0.2, 0.25) is 0 Å². The van der Waals surface area contributed by atoms with Crippen LogP contribution in [0.1, 0.15) is 23.1 Å². The first-order valence-corrected chi connectivity index (χ1v) is 8.37. The van der Waals surface area contributed by atoms with E-state index in [1.54, 1.807) is 0 Å². The molecule has 0 aromatic heterocycles. The van der Waals surface area contributed by atoms with Crippen LogP contribution in [-0.4, -0.2) is 18.3 Å². The highest BCUT2D eigenvalue weighted by molar-refractivity contribution is 5.93. The molecular weight excluding hydrogens is 312 g/mol. The van der Waals surface area contributed by atoms with Crippen LogP contribution in [0.3, 0.4) is 0 Å². The van der Waals surface area contributed by atoms with E-state index in [1.165, 1.54) is 11.1 Å². The molecule has 5 N–H and O–H groups in total. The zero-order chi connectivity index (χ0) is 17.6. The van der Waals surface area contributed by atoms with Crippen LogP contribution in [0, 0.1) is 5.41 Å². The van der Waals surface area contributed by atoms with E-state index in [1.807, 2.05) is 42.5 Å². The SMILES string of the molecule is N=CC(NC(=O)NC1CCc2ccccc2C1)=C(N)c1ccccc1. The van der Waals surface area contributed by atoms with Gasteiger partial charge in [0.25, 0.3) is 0 Å². The molecule has 2 aromatic rings. The van der Waals surface area contributed by atoms with Crippen molar-refractivity contribution in [3.05, 3.63) is 77.0 Å². The summed E-state index contributed by atoms with van der Waals surface area (Å²) in [5.74, 6) is 0. The molecule has 2 aromatic carbocycles. The number of allylic oxidation sites excluding steroid dienone is 1. The first kappa shape index (κ1) is 16.8. The van der Waals surface area contributed by atoms with Crippen molar-refractivity contribution in [1.29, 1.82) is 5.41 Å². The Labute approximate surface area is 147 Å². The van der Waals surface area contributed by atoms with Crippen LogP contribution < -0.4 is 16.4 Å². The number of rotatable bonds is 4. The number of benzene rings is 2. The Bertz CT molecular complexity index is 798. The Kier molecular flexibility index (Phi) is 5.14. The summed E-state index contributed by atoms with van der Waals surface area (Å²) < 4.78 is 0. The summed E-state index contributed by atoms with van der Waals surface area (Å²) in [6.45, 7) is 0. The van der Waals surface area contributed by atoms with Crippen molar-refractivity contribution < 1.29 is 4.79 Å². The standard InChI is InChI=1S/C20H22N4O/c21-13-18(19(22)15-7-2-1-3-8-15)24-20(25)23-17-11-10-14-6-4-5-9-16(14)12-17/h1-9,13,17,21H,10-12,22H2,(H2,23,24,25). The monoisotopic (exact) mass is 334 g/mol. The molecule has 0 heterocycles. The summed E-state index contributed by atoms with van der Waals surface area (Å²) in [7, 11) is 0. The molecule has 0 aliphatic heterocycles. The quantitative estimate of drug-likeness (QED) is 0.648. The molecule has 0 bridgehead atoms. The zero-order valence-corrected chi connectivity index (χ0v) is 14.0. The summed E-state index contributed by atoms with van der Waals surface area (Å²) in [4.78, 5) is 12.3. The lowest BCUT2D eigenvalue weighted by molar-refractivity contribution is 0.238.